The molecule has 0 saturated heterocycles. The van der Waals surface area contributed by atoms with Gasteiger partial charge in [0, 0.05) is 10.1 Å². The van der Waals surface area contributed by atoms with E-state index in [1.54, 1.807) is 11.4 Å². The average Bonchev–Trinajstić information content (AvgIpc) is 2.41. The third-order valence-corrected chi connectivity index (χ3v) is 2.69. The van der Waals surface area contributed by atoms with Crippen molar-refractivity contribution in [1.29, 1.82) is 0 Å². The van der Waals surface area contributed by atoms with Gasteiger partial charge in [-0.15, -0.1) is 11.3 Å². The minimum atomic E-state index is -0.133. The van der Waals surface area contributed by atoms with Gasteiger partial charge in [-0.1, -0.05) is 0 Å². The van der Waals surface area contributed by atoms with Crippen molar-refractivity contribution in [3.05, 3.63) is 17.5 Å². The monoisotopic (exact) mass is 181 g/mol. The fourth-order valence-electron chi connectivity index (χ4n) is 1.12. The number of nitrogen functional groups attached to an aromatic ring is 1. The molecular formula is C8H7NO2S. The molecule has 3 nitrogen and oxygen atoms in total. The number of rotatable bonds is 0. The van der Waals surface area contributed by atoms with Gasteiger partial charge in [0.05, 0.1) is 11.1 Å². The summed E-state index contributed by atoms with van der Waals surface area (Å²) in [6.45, 7) is 0. The first-order valence-electron chi connectivity index (χ1n) is 3.38. The van der Waals surface area contributed by atoms with E-state index >= 15 is 0 Å². The zero-order valence-electron chi connectivity index (χ0n) is 6.11. The van der Waals surface area contributed by atoms with E-state index in [2.05, 4.69) is 0 Å². The minimum absolute atomic E-state index is 0.132. The summed E-state index contributed by atoms with van der Waals surface area (Å²) in [5.74, 6) is -0.265. The SMILES string of the molecule is Nc1csc2ccc(O)c(O)c12. The molecule has 1 aromatic heterocycles. The van der Waals surface area contributed by atoms with Gasteiger partial charge in [0.25, 0.3) is 0 Å². The highest BCUT2D eigenvalue weighted by Crippen LogP contribution is 2.40. The number of hydrogen-bond acceptors (Lipinski definition) is 4. The van der Waals surface area contributed by atoms with Gasteiger partial charge in [-0.2, -0.15) is 0 Å². The van der Waals surface area contributed by atoms with Crippen molar-refractivity contribution in [2.24, 2.45) is 0 Å². The summed E-state index contributed by atoms with van der Waals surface area (Å²) in [6, 6.07) is 3.18. The summed E-state index contributed by atoms with van der Waals surface area (Å²) < 4.78 is 0.878. The first-order valence-corrected chi connectivity index (χ1v) is 4.25. The second-order valence-electron chi connectivity index (χ2n) is 2.50. The van der Waals surface area contributed by atoms with Crippen LogP contribution >= 0.6 is 11.3 Å². The summed E-state index contributed by atoms with van der Waals surface area (Å²) in [5, 5.41) is 20.8. The maximum absolute atomic E-state index is 9.40. The highest BCUT2D eigenvalue weighted by Gasteiger charge is 2.09. The topological polar surface area (TPSA) is 66.5 Å². The summed E-state index contributed by atoms with van der Waals surface area (Å²) in [5.41, 5.74) is 6.09. The van der Waals surface area contributed by atoms with Crippen molar-refractivity contribution in [3.63, 3.8) is 0 Å². The predicted molar refractivity (Wildman–Crippen MR) is 49.6 cm³/mol. The van der Waals surface area contributed by atoms with E-state index in [9.17, 15) is 5.11 Å². The van der Waals surface area contributed by atoms with E-state index in [0.717, 1.165) is 4.70 Å². The van der Waals surface area contributed by atoms with Crippen LogP contribution in [0.4, 0.5) is 5.69 Å². The molecule has 2 aromatic rings. The Morgan fingerprint density at radius 2 is 2.00 bits per heavy atom. The van der Waals surface area contributed by atoms with Gasteiger partial charge in [0.15, 0.2) is 11.5 Å². The molecule has 0 amide bonds. The number of phenolic OH excluding ortho intramolecular Hbond substituents is 2. The molecule has 2 rings (SSSR count). The molecule has 0 aliphatic carbocycles. The van der Waals surface area contributed by atoms with Crippen molar-refractivity contribution in [3.8, 4) is 11.5 Å². The Bertz CT molecular complexity index is 436. The summed E-state index contributed by atoms with van der Waals surface area (Å²) in [6.07, 6.45) is 0. The van der Waals surface area contributed by atoms with Crippen molar-refractivity contribution in [2.45, 2.75) is 0 Å². The lowest BCUT2D eigenvalue weighted by molar-refractivity contribution is 0.408. The van der Waals surface area contributed by atoms with Crippen LogP contribution in [-0.2, 0) is 0 Å². The van der Waals surface area contributed by atoms with Crippen LogP contribution in [0.5, 0.6) is 11.5 Å². The number of aromatic hydroxyl groups is 2. The van der Waals surface area contributed by atoms with E-state index in [0.29, 0.717) is 11.1 Å². The predicted octanol–water partition coefficient (Wildman–Crippen LogP) is 1.89. The number of fused-ring (bicyclic) bond motifs is 1. The van der Waals surface area contributed by atoms with Gasteiger partial charge in [0.1, 0.15) is 0 Å². The molecule has 1 heterocycles. The summed E-state index contributed by atoms with van der Waals surface area (Å²) in [4.78, 5) is 0. The molecule has 12 heavy (non-hydrogen) atoms. The molecule has 1 aromatic carbocycles. The van der Waals surface area contributed by atoms with Crippen molar-refractivity contribution < 1.29 is 10.2 Å². The smallest absolute Gasteiger partial charge is 0.168 e. The fraction of sp³-hybridized carbons (Fsp3) is 0. The van der Waals surface area contributed by atoms with E-state index in [4.69, 9.17) is 10.8 Å². The number of anilines is 1. The van der Waals surface area contributed by atoms with Crippen molar-refractivity contribution in [2.75, 3.05) is 5.73 Å². The standard InChI is InChI=1S/C8H7NO2S/c9-4-3-12-6-2-1-5(10)8(11)7(4)6/h1-3,10-11H,9H2. The lowest BCUT2D eigenvalue weighted by atomic mass is 10.2. The maximum atomic E-state index is 9.40. The molecule has 0 atom stereocenters. The zero-order valence-corrected chi connectivity index (χ0v) is 6.93. The largest absolute Gasteiger partial charge is 0.504 e. The lowest BCUT2D eigenvalue weighted by Gasteiger charge is -1.98. The molecule has 0 radical (unpaired) electrons. The first kappa shape index (κ1) is 7.24. The Kier molecular flexibility index (Phi) is 1.38. The van der Waals surface area contributed by atoms with Gasteiger partial charge >= 0.3 is 0 Å². The van der Waals surface area contributed by atoms with Crippen LogP contribution in [0.25, 0.3) is 10.1 Å². The highest BCUT2D eigenvalue weighted by atomic mass is 32.1. The van der Waals surface area contributed by atoms with Crippen LogP contribution in [0, 0.1) is 0 Å². The number of benzene rings is 1. The Morgan fingerprint density at radius 1 is 1.25 bits per heavy atom. The second-order valence-corrected chi connectivity index (χ2v) is 3.41. The Hall–Kier alpha value is -1.42. The molecule has 62 valence electrons. The summed E-state index contributed by atoms with van der Waals surface area (Å²) >= 11 is 1.44. The van der Waals surface area contributed by atoms with Gasteiger partial charge in [-0.3, -0.25) is 0 Å². The minimum Gasteiger partial charge on any atom is -0.504 e. The van der Waals surface area contributed by atoms with Crippen LogP contribution in [0.3, 0.4) is 0 Å². The third-order valence-electron chi connectivity index (χ3n) is 1.72. The maximum Gasteiger partial charge on any atom is 0.168 e. The summed E-state index contributed by atoms with van der Waals surface area (Å²) in [7, 11) is 0. The van der Waals surface area contributed by atoms with E-state index in [1.807, 2.05) is 0 Å². The fourth-order valence-corrected chi connectivity index (χ4v) is 1.98. The Labute approximate surface area is 72.7 Å². The molecule has 4 N–H and O–H groups in total. The molecule has 0 spiro atoms. The van der Waals surface area contributed by atoms with Gasteiger partial charge in [-0.05, 0) is 12.1 Å². The van der Waals surface area contributed by atoms with Crippen LogP contribution < -0.4 is 5.73 Å². The molecule has 0 bridgehead atoms. The number of phenols is 2. The molecule has 0 aliphatic rings. The Balaban J connectivity index is 2.96. The average molecular weight is 181 g/mol. The number of hydrogen-bond donors (Lipinski definition) is 3. The Morgan fingerprint density at radius 3 is 2.75 bits per heavy atom. The van der Waals surface area contributed by atoms with Crippen LogP contribution in [0.15, 0.2) is 17.5 Å². The lowest BCUT2D eigenvalue weighted by Crippen LogP contribution is -1.80. The molecule has 0 saturated carbocycles. The highest BCUT2D eigenvalue weighted by molar-refractivity contribution is 7.17. The van der Waals surface area contributed by atoms with Gasteiger partial charge in [-0.25, -0.2) is 0 Å². The molecule has 0 fully saturated rings. The number of nitrogens with two attached hydrogens (primary N) is 1. The molecule has 0 unspecified atom stereocenters. The third kappa shape index (κ3) is 0.816. The van der Waals surface area contributed by atoms with Crippen molar-refractivity contribution >= 4 is 27.1 Å². The van der Waals surface area contributed by atoms with E-state index in [-0.39, 0.29) is 11.5 Å². The molecule has 0 aliphatic heterocycles. The van der Waals surface area contributed by atoms with Crippen LogP contribution in [-0.4, -0.2) is 10.2 Å². The van der Waals surface area contributed by atoms with Gasteiger partial charge < -0.3 is 15.9 Å². The van der Waals surface area contributed by atoms with Crippen LogP contribution in [0.1, 0.15) is 0 Å². The molecule has 4 heteroatoms. The molecular weight excluding hydrogens is 174 g/mol. The zero-order chi connectivity index (χ0) is 8.72. The second kappa shape index (κ2) is 2.28. The quantitative estimate of drug-likeness (QED) is 0.544. The van der Waals surface area contributed by atoms with Crippen molar-refractivity contribution in [1.82, 2.24) is 0 Å². The normalized spacial score (nSPS) is 10.7. The first-order chi connectivity index (χ1) is 5.70. The van der Waals surface area contributed by atoms with E-state index in [1.165, 1.54) is 17.4 Å². The van der Waals surface area contributed by atoms with Crippen LogP contribution in [0.2, 0.25) is 0 Å². The number of thiophene rings is 1. The van der Waals surface area contributed by atoms with E-state index < -0.39 is 0 Å². The van der Waals surface area contributed by atoms with Gasteiger partial charge in [0.2, 0.25) is 0 Å².